The largest absolute Gasteiger partial charge is 0.284 e. The Bertz CT molecular complexity index is 1040. The van der Waals surface area contributed by atoms with Crippen LogP contribution >= 0.6 is 24.8 Å². The van der Waals surface area contributed by atoms with Crippen molar-refractivity contribution in [2.24, 2.45) is 4.99 Å². The van der Waals surface area contributed by atoms with Crippen molar-refractivity contribution in [1.29, 1.82) is 0 Å². The van der Waals surface area contributed by atoms with E-state index in [9.17, 15) is 0 Å². The lowest BCUT2D eigenvalue weighted by Crippen LogP contribution is -2.11. The molecule has 0 spiro atoms. The molecule has 2 nitrogen and oxygen atoms in total. The van der Waals surface area contributed by atoms with E-state index in [1.54, 1.807) is 0 Å². The van der Waals surface area contributed by atoms with Crippen molar-refractivity contribution in [3.63, 3.8) is 0 Å². The summed E-state index contributed by atoms with van der Waals surface area (Å²) in [6.45, 7) is 0.904. The first-order valence-electron chi connectivity index (χ1n) is 9.25. The molecule has 5 rings (SSSR count). The van der Waals surface area contributed by atoms with Crippen molar-refractivity contribution in [1.82, 2.24) is 4.98 Å². The Labute approximate surface area is 178 Å². The number of rotatable bonds is 2. The lowest BCUT2D eigenvalue weighted by atomic mass is 9.94. The molecule has 0 radical (unpaired) electrons. The van der Waals surface area contributed by atoms with Crippen LogP contribution in [0.1, 0.15) is 35.1 Å². The van der Waals surface area contributed by atoms with Gasteiger partial charge < -0.3 is 0 Å². The number of halogens is 2. The lowest BCUT2D eigenvalue weighted by Gasteiger charge is -2.16. The van der Waals surface area contributed by atoms with Crippen molar-refractivity contribution >= 4 is 36.6 Å². The van der Waals surface area contributed by atoms with Crippen LogP contribution in [0.25, 0.3) is 17.2 Å². The maximum Gasteiger partial charge on any atom is 0.0694 e. The molecule has 1 aromatic heterocycles. The van der Waals surface area contributed by atoms with Gasteiger partial charge in [0.25, 0.3) is 0 Å². The minimum Gasteiger partial charge on any atom is -0.284 e. The van der Waals surface area contributed by atoms with Crippen LogP contribution in [0.5, 0.6) is 0 Å². The van der Waals surface area contributed by atoms with Crippen LogP contribution < -0.4 is 0 Å². The first-order chi connectivity index (χ1) is 12.9. The van der Waals surface area contributed by atoms with Gasteiger partial charge in [0, 0.05) is 24.5 Å². The maximum atomic E-state index is 4.79. The van der Waals surface area contributed by atoms with Crippen molar-refractivity contribution < 1.29 is 0 Å². The van der Waals surface area contributed by atoms with Crippen molar-refractivity contribution in [2.45, 2.75) is 19.3 Å². The molecule has 2 heterocycles. The Morgan fingerprint density at radius 1 is 0.857 bits per heavy atom. The van der Waals surface area contributed by atoms with E-state index in [0.29, 0.717) is 0 Å². The zero-order valence-corrected chi connectivity index (χ0v) is 17.1. The van der Waals surface area contributed by atoms with Crippen LogP contribution in [-0.2, 0) is 6.42 Å². The fourth-order valence-corrected chi connectivity index (χ4v) is 4.06. The fourth-order valence-electron chi connectivity index (χ4n) is 4.06. The Balaban J connectivity index is 0.00000112. The minimum absolute atomic E-state index is 0. The standard InChI is InChI=1S/C24H20N2.2ClH/c1-2-8-22-18(5-1)15-21-14-17(9-10-23(21)22)13-19-6-4-12-26-24(19)20-7-3-11-25-16-20;;/h1-3,5,7-11,13-14,16H,4,6,12,15H2;2*1H/b19-13+;;. The summed E-state index contributed by atoms with van der Waals surface area (Å²) in [5, 5.41) is 0. The smallest absolute Gasteiger partial charge is 0.0694 e. The van der Waals surface area contributed by atoms with Gasteiger partial charge in [-0.2, -0.15) is 0 Å². The van der Waals surface area contributed by atoms with Gasteiger partial charge in [0.1, 0.15) is 0 Å². The summed E-state index contributed by atoms with van der Waals surface area (Å²) in [5.74, 6) is 0. The number of allylic oxidation sites excluding steroid dienone is 1. The number of aliphatic imine (C=N–C) groups is 1. The van der Waals surface area contributed by atoms with Gasteiger partial charge in [-0.15, -0.1) is 24.8 Å². The summed E-state index contributed by atoms with van der Waals surface area (Å²) in [4.78, 5) is 9.05. The molecule has 2 aromatic carbocycles. The molecule has 4 heteroatoms. The van der Waals surface area contributed by atoms with E-state index in [0.717, 1.165) is 37.1 Å². The highest BCUT2D eigenvalue weighted by Crippen LogP contribution is 2.37. The van der Waals surface area contributed by atoms with Gasteiger partial charge in [-0.25, -0.2) is 0 Å². The number of nitrogens with zero attached hydrogens (tertiary/aromatic N) is 2. The predicted molar refractivity (Wildman–Crippen MR) is 122 cm³/mol. The number of benzene rings is 2. The molecule has 0 bridgehead atoms. The van der Waals surface area contributed by atoms with Crippen LogP contribution in [0.3, 0.4) is 0 Å². The van der Waals surface area contributed by atoms with E-state index in [4.69, 9.17) is 4.99 Å². The molecule has 3 aromatic rings. The Hall–Kier alpha value is -2.42. The van der Waals surface area contributed by atoms with Crippen LogP contribution in [-0.4, -0.2) is 17.2 Å². The van der Waals surface area contributed by atoms with Gasteiger partial charge in [-0.1, -0.05) is 42.5 Å². The highest BCUT2D eigenvalue weighted by atomic mass is 35.5. The average Bonchev–Trinajstić information content (AvgIpc) is 3.07. The quantitative estimate of drug-likeness (QED) is 0.389. The molecule has 142 valence electrons. The zero-order valence-electron chi connectivity index (χ0n) is 15.5. The molecule has 28 heavy (non-hydrogen) atoms. The van der Waals surface area contributed by atoms with Gasteiger partial charge in [-0.3, -0.25) is 9.98 Å². The van der Waals surface area contributed by atoms with Crippen molar-refractivity contribution in [3.05, 3.63) is 94.8 Å². The first kappa shape index (κ1) is 20.3. The third-order valence-electron chi connectivity index (χ3n) is 5.27. The van der Waals surface area contributed by atoms with Crippen molar-refractivity contribution in [3.8, 4) is 11.1 Å². The molecule has 0 atom stereocenters. The summed E-state index contributed by atoms with van der Waals surface area (Å²) >= 11 is 0. The minimum atomic E-state index is 0. The van der Waals surface area contributed by atoms with E-state index < -0.39 is 0 Å². The number of pyridine rings is 1. The molecule has 0 saturated heterocycles. The van der Waals surface area contributed by atoms with Crippen LogP contribution in [0.2, 0.25) is 0 Å². The highest BCUT2D eigenvalue weighted by Gasteiger charge is 2.18. The molecular weight excluding hydrogens is 387 g/mol. The Kier molecular flexibility index (Phi) is 6.33. The summed E-state index contributed by atoms with van der Waals surface area (Å²) in [7, 11) is 0. The molecule has 1 aliphatic carbocycles. The van der Waals surface area contributed by atoms with E-state index in [2.05, 4.69) is 59.6 Å². The fraction of sp³-hybridized carbons (Fsp3) is 0.167. The summed E-state index contributed by atoms with van der Waals surface area (Å²) < 4.78 is 0. The Morgan fingerprint density at radius 2 is 1.71 bits per heavy atom. The molecular formula is C24H22Cl2N2. The number of aromatic nitrogens is 1. The van der Waals surface area contributed by atoms with E-state index in [1.807, 2.05) is 18.5 Å². The molecule has 0 amide bonds. The van der Waals surface area contributed by atoms with E-state index >= 15 is 0 Å². The maximum absolute atomic E-state index is 4.79. The third-order valence-corrected chi connectivity index (χ3v) is 5.27. The topological polar surface area (TPSA) is 25.2 Å². The lowest BCUT2D eigenvalue weighted by molar-refractivity contribution is 0.818. The second-order valence-corrected chi connectivity index (χ2v) is 7.00. The highest BCUT2D eigenvalue weighted by molar-refractivity contribution is 6.15. The van der Waals surface area contributed by atoms with Crippen LogP contribution in [0, 0.1) is 0 Å². The summed E-state index contributed by atoms with van der Waals surface area (Å²) in [6, 6.07) is 19.7. The molecule has 0 saturated carbocycles. The Morgan fingerprint density at radius 3 is 2.57 bits per heavy atom. The molecule has 0 fully saturated rings. The van der Waals surface area contributed by atoms with E-state index in [-0.39, 0.29) is 24.8 Å². The monoisotopic (exact) mass is 408 g/mol. The number of fused-ring (bicyclic) bond motifs is 3. The van der Waals surface area contributed by atoms with Crippen LogP contribution in [0.4, 0.5) is 0 Å². The molecule has 2 aliphatic rings. The van der Waals surface area contributed by atoms with Crippen LogP contribution in [0.15, 0.2) is 77.6 Å². The van der Waals surface area contributed by atoms with Gasteiger partial charge >= 0.3 is 0 Å². The summed E-state index contributed by atoms with van der Waals surface area (Å²) in [5.41, 5.74) is 10.4. The summed E-state index contributed by atoms with van der Waals surface area (Å²) in [6.07, 6.45) is 9.27. The second kappa shape index (κ2) is 8.72. The predicted octanol–water partition coefficient (Wildman–Crippen LogP) is 6.16. The van der Waals surface area contributed by atoms with Gasteiger partial charge in [0.05, 0.1) is 5.71 Å². The zero-order chi connectivity index (χ0) is 17.3. The normalized spacial score (nSPS) is 15.7. The van der Waals surface area contributed by atoms with Gasteiger partial charge in [-0.05, 0) is 70.9 Å². The van der Waals surface area contributed by atoms with Gasteiger partial charge in [0.2, 0.25) is 0 Å². The molecule has 1 aliphatic heterocycles. The number of hydrogen-bond acceptors (Lipinski definition) is 2. The van der Waals surface area contributed by atoms with Gasteiger partial charge in [0.15, 0.2) is 0 Å². The third kappa shape index (κ3) is 3.76. The number of hydrogen-bond donors (Lipinski definition) is 0. The molecule has 0 unspecified atom stereocenters. The average molecular weight is 409 g/mol. The second-order valence-electron chi connectivity index (χ2n) is 7.00. The SMILES string of the molecule is C(=C1/CCCN=C1c1cccnc1)/c1ccc2c(c1)Cc1ccccc1-2.Cl.Cl. The van der Waals surface area contributed by atoms with E-state index in [1.165, 1.54) is 33.4 Å². The molecule has 0 N–H and O–H groups in total. The first-order valence-corrected chi connectivity index (χ1v) is 9.25. The van der Waals surface area contributed by atoms with Crippen molar-refractivity contribution in [2.75, 3.05) is 6.54 Å².